The summed E-state index contributed by atoms with van der Waals surface area (Å²) in [4.78, 5) is 17.4. The van der Waals surface area contributed by atoms with E-state index < -0.39 is 11.7 Å². The van der Waals surface area contributed by atoms with Gasteiger partial charge in [-0.3, -0.25) is 4.79 Å². The summed E-state index contributed by atoms with van der Waals surface area (Å²) in [5, 5.41) is 4.74. The van der Waals surface area contributed by atoms with Crippen molar-refractivity contribution in [3.63, 3.8) is 0 Å². The number of pyridine rings is 1. The number of carbonyl (C=O) groups is 1. The first-order valence-corrected chi connectivity index (χ1v) is 9.43. The second-order valence-electron chi connectivity index (χ2n) is 6.88. The van der Waals surface area contributed by atoms with Crippen molar-refractivity contribution in [1.29, 1.82) is 0 Å². The van der Waals surface area contributed by atoms with E-state index in [1.165, 1.54) is 12.1 Å². The molecule has 142 valence electrons. The highest BCUT2D eigenvalue weighted by Gasteiger charge is 2.53. The van der Waals surface area contributed by atoms with Crippen LogP contribution in [0.1, 0.15) is 18.4 Å². The van der Waals surface area contributed by atoms with Gasteiger partial charge in [0, 0.05) is 5.39 Å². The number of anilines is 1. The van der Waals surface area contributed by atoms with Crippen LogP contribution in [-0.2, 0) is 10.2 Å². The van der Waals surface area contributed by atoms with Crippen molar-refractivity contribution in [1.82, 2.24) is 4.98 Å². The van der Waals surface area contributed by atoms with Gasteiger partial charge in [0.2, 0.25) is 5.91 Å². The molecule has 2 aliphatic rings. The fraction of sp³-hybridized carbons (Fsp3) is 0.200. The number of aromatic nitrogens is 1. The van der Waals surface area contributed by atoms with Crippen LogP contribution in [0, 0.1) is 0 Å². The molecule has 3 aromatic rings. The molecule has 28 heavy (non-hydrogen) atoms. The molecule has 5 rings (SSSR count). The normalized spacial score (nSPS) is 18.1. The van der Waals surface area contributed by atoms with Gasteiger partial charge in [-0.15, -0.1) is 8.78 Å². The monoisotopic (exact) mass is 446 g/mol. The highest BCUT2D eigenvalue weighted by atomic mass is 79.9. The van der Waals surface area contributed by atoms with Gasteiger partial charge in [0.05, 0.1) is 5.41 Å². The number of hydrogen-bond donors (Lipinski definition) is 1. The van der Waals surface area contributed by atoms with Crippen LogP contribution in [0.3, 0.4) is 0 Å². The standard InChI is InChI=1S/C20H13BrF2N2O3/c21-17-13-4-2-1-3-11(13)9-16(24-17)25-18(26)19(7-8-19)12-5-6-14-15(10-12)28-20(22,23)27-14/h1-6,9-10H,7-8H2,(H,24,25,26). The van der Waals surface area contributed by atoms with E-state index in [0.29, 0.717) is 28.8 Å². The minimum Gasteiger partial charge on any atom is -0.395 e. The van der Waals surface area contributed by atoms with Crippen LogP contribution in [0.5, 0.6) is 11.5 Å². The first-order valence-electron chi connectivity index (χ1n) is 8.63. The predicted molar refractivity (Wildman–Crippen MR) is 102 cm³/mol. The van der Waals surface area contributed by atoms with Gasteiger partial charge < -0.3 is 14.8 Å². The van der Waals surface area contributed by atoms with Crippen LogP contribution in [0.2, 0.25) is 0 Å². The molecule has 1 aliphatic carbocycles. The maximum absolute atomic E-state index is 13.3. The molecule has 1 aliphatic heterocycles. The summed E-state index contributed by atoms with van der Waals surface area (Å²) < 4.78 is 36.1. The number of rotatable bonds is 3. The Labute approximate surface area is 166 Å². The molecule has 2 aromatic carbocycles. The first-order chi connectivity index (χ1) is 13.4. The molecule has 0 atom stereocenters. The molecule has 1 fully saturated rings. The Morgan fingerprint density at radius 1 is 1.07 bits per heavy atom. The van der Waals surface area contributed by atoms with Crippen LogP contribution < -0.4 is 14.8 Å². The Morgan fingerprint density at radius 2 is 1.82 bits per heavy atom. The fourth-order valence-electron chi connectivity index (χ4n) is 3.47. The maximum Gasteiger partial charge on any atom is 0.586 e. The smallest absolute Gasteiger partial charge is 0.395 e. The number of ether oxygens (including phenoxy) is 2. The fourth-order valence-corrected chi connectivity index (χ4v) is 4.03. The zero-order valence-corrected chi connectivity index (χ0v) is 15.9. The molecular formula is C20H13BrF2N2O3. The lowest BCUT2D eigenvalue weighted by atomic mass is 9.94. The summed E-state index contributed by atoms with van der Waals surface area (Å²) in [5.74, 6) is 0.0974. The van der Waals surface area contributed by atoms with E-state index in [2.05, 4.69) is 35.7 Å². The van der Waals surface area contributed by atoms with Crippen molar-refractivity contribution >= 4 is 38.4 Å². The van der Waals surface area contributed by atoms with Gasteiger partial charge in [-0.05, 0) is 57.9 Å². The number of nitrogens with one attached hydrogen (secondary N) is 1. The third-order valence-electron chi connectivity index (χ3n) is 5.07. The third kappa shape index (κ3) is 2.79. The SMILES string of the molecule is O=C(Nc1cc2ccccc2c(Br)n1)C1(c2ccc3c(c2)OC(F)(F)O3)CC1. The maximum atomic E-state index is 13.3. The van der Waals surface area contributed by atoms with Crippen molar-refractivity contribution in [2.75, 3.05) is 5.32 Å². The van der Waals surface area contributed by atoms with Gasteiger partial charge >= 0.3 is 6.29 Å². The van der Waals surface area contributed by atoms with Crippen molar-refractivity contribution < 1.29 is 23.0 Å². The topological polar surface area (TPSA) is 60.5 Å². The second-order valence-corrected chi connectivity index (χ2v) is 7.64. The molecule has 1 amide bonds. The molecule has 0 saturated heterocycles. The molecule has 0 spiro atoms. The summed E-state index contributed by atoms with van der Waals surface area (Å²) >= 11 is 3.43. The van der Waals surface area contributed by atoms with E-state index in [1.807, 2.05) is 24.3 Å². The molecule has 0 radical (unpaired) electrons. The lowest BCUT2D eigenvalue weighted by molar-refractivity contribution is -0.286. The zero-order valence-electron chi connectivity index (χ0n) is 14.3. The molecule has 1 aromatic heterocycles. The number of fused-ring (bicyclic) bond motifs is 2. The molecule has 1 saturated carbocycles. The van der Waals surface area contributed by atoms with E-state index in [-0.39, 0.29) is 17.4 Å². The Bertz CT molecular complexity index is 1130. The minimum absolute atomic E-state index is 0.0370. The van der Waals surface area contributed by atoms with Crippen LogP contribution in [0.25, 0.3) is 10.8 Å². The summed E-state index contributed by atoms with van der Waals surface area (Å²) in [7, 11) is 0. The van der Waals surface area contributed by atoms with E-state index in [4.69, 9.17) is 0 Å². The predicted octanol–water partition coefficient (Wildman–Crippen LogP) is 4.99. The molecule has 5 nitrogen and oxygen atoms in total. The van der Waals surface area contributed by atoms with Crippen LogP contribution >= 0.6 is 15.9 Å². The van der Waals surface area contributed by atoms with Gasteiger partial charge in [-0.2, -0.15) is 0 Å². The molecule has 8 heteroatoms. The van der Waals surface area contributed by atoms with E-state index in [0.717, 1.165) is 10.8 Å². The number of nitrogens with zero attached hydrogens (tertiary/aromatic N) is 1. The molecular weight excluding hydrogens is 434 g/mol. The lowest BCUT2D eigenvalue weighted by Gasteiger charge is -2.16. The van der Waals surface area contributed by atoms with Crippen molar-refractivity contribution in [3.8, 4) is 11.5 Å². The van der Waals surface area contributed by atoms with Crippen molar-refractivity contribution in [3.05, 3.63) is 58.7 Å². The average Bonchev–Trinajstić information content (AvgIpc) is 3.39. The summed E-state index contributed by atoms with van der Waals surface area (Å²) in [6.45, 7) is 0. The second kappa shape index (κ2) is 5.88. The van der Waals surface area contributed by atoms with Crippen LogP contribution in [0.15, 0.2) is 53.1 Å². The third-order valence-corrected chi connectivity index (χ3v) is 5.68. The van der Waals surface area contributed by atoms with Gasteiger partial charge in [0.1, 0.15) is 10.4 Å². The van der Waals surface area contributed by atoms with Crippen molar-refractivity contribution in [2.45, 2.75) is 24.6 Å². The van der Waals surface area contributed by atoms with E-state index >= 15 is 0 Å². The molecule has 0 unspecified atom stereocenters. The minimum atomic E-state index is -3.68. The molecule has 0 bridgehead atoms. The zero-order chi connectivity index (χ0) is 19.5. The van der Waals surface area contributed by atoms with Crippen LogP contribution in [0.4, 0.5) is 14.6 Å². The Morgan fingerprint density at radius 3 is 2.61 bits per heavy atom. The average molecular weight is 447 g/mol. The van der Waals surface area contributed by atoms with E-state index in [9.17, 15) is 13.6 Å². The van der Waals surface area contributed by atoms with E-state index in [1.54, 1.807) is 12.1 Å². The highest BCUT2D eigenvalue weighted by molar-refractivity contribution is 9.10. The summed E-state index contributed by atoms with van der Waals surface area (Å²) in [6.07, 6.45) is -2.45. The summed E-state index contributed by atoms with van der Waals surface area (Å²) in [6, 6.07) is 14.0. The van der Waals surface area contributed by atoms with Crippen LogP contribution in [-0.4, -0.2) is 17.2 Å². The Kier molecular flexibility index (Phi) is 3.64. The van der Waals surface area contributed by atoms with Crippen molar-refractivity contribution in [2.24, 2.45) is 0 Å². The molecule has 1 N–H and O–H groups in total. The first kappa shape index (κ1) is 17.4. The lowest BCUT2D eigenvalue weighted by Crippen LogP contribution is -2.28. The number of halogens is 3. The van der Waals surface area contributed by atoms with Gasteiger partial charge in [-0.1, -0.05) is 30.3 Å². The summed E-state index contributed by atoms with van der Waals surface area (Å²) in [5.41, 5.74) is -0.166. The number of hydrogen-bond acceptors (Lipinski definition) is 4. The molecule has 2 heterocycles. The van der Waals surface area contributed by atoms with Gasteiger partial charge in [0.15, 0.2) is 11.5 Å². The quantitative estimate of drug-likeness (QED) is 0.575. The Hall–Kier alpha value is -2.74. The number of carbonyl (C=O) groups excluding carboxylic acids is 1. The number of benzene rings is 2. The van der Waals surface area contributed by atoms with Gasteiger partial charge in [0.25, 0.3) is 0 Å². The van der Waals surface area contributed by atoms with Gasteiger partial charge in [-0.25, -0.2) is 4.98 Å². The number of alkyl halides is 2. The largest absolute Gasteiger partial charge is 0.586 e. The Balaban J connectivity index is 1.43. The number of amides is 1. The highest BCUT2D eigenvalue weighted by Crippen LogP contribution is 2.52.